The number of hydrogen-bond acceptors (Lipinski definition) is 8. The molecule has 0 spiro atoms. The van der Waals surface area contributed by atoms with E-state index in [4.69, 9.17) is 31.8 Å². The van der Waals surface area contributed by atoms with Crippen molar-refractivity contribution in [3.8, 4) is 11.3 Å². The molecule has 5 rings (SSSR count). The molecule has 0 amide bonds. The Morgan fingerprint density at radius 3 is 2.69 bits per heavy atom. The van der Waals surface area contributed by atoms with Gasteiger partial charge >= 0.3 is 0 Å². The number of ether oxygens (including phenoxy) is 2. The summed E-state index contributed by atoms with van der Waals surface area (Å²) in [4.78, 5) is 12.0. The Bertz CT molecular complexity index is 1010. The molecule has 196 valence electrons. The quantitative estimate of drug-likeness (QED) is 0.506. The fourth-order valence-corrected chi connectivity index (χ4v) is 5.86. The van der Waals surface area contributed by atoms with Crippen LogP contribution in [0.5, 0.6) is 0 Å². The molecule has 4 heterocycles. The van der Waals surface area contributed by atoms with Crippen LogP contribution in [0.25, 0.3) is 11.3 Å². The van der Waals surface area contributed by atoms with E-state index in [-0.39, 0.29) is 5.54 Å². The van der Waals surface area contributed by atoms with Crippen molar-refractivity contribution in [2.24, 2.45) is 5.73 Å². The number of anilines is 2. The summed E-state index contributed by atoms with van der Waals surface area (Å²) in [5, 5.41) is 7.67. The van der Waals surface area contributed by atoms with Gasteiger partial charge in [-0.05, 0) is 63.6 Å². The van der Waals surface area contributed by atoms with Crippen LogP contribution in [0.1, 0.15) is 45.4 Å². The fraction of sp³-hybridized carbons (Fsp3) is 0.630. The second-order valence-electron chi connectivity index (χ2n) is 10.6. The average Bonchev–Trinajstić information content (AvgIpc) is 2.90. The molecule has 0 radical (unpaired) electrons. The van der Waals surface area contributed by atoms with E-state index >= 15 is 0 Å². The lowest BCUT2D eigenvalue weighted by molar-refractivity contribution is -0.0296. The van der Waals surface area contributed by atoms with E-state index in [0.29, 0.717) is 42.9 Å². The van der Waals surface area contributed by atoms with Crippen molar-refractivity contribution in [3.05, 3.63) is 35.5 Å². The minimum atomic E-state index is -0.264. The number of nitrogens with two attached hydrogens (primary N) is 1. The van der Waals surface area contributed by atoms with Crippen LogP contribution in [0.3, 0.4) is 0 Å². The number of nitrogens with zero attached hydrogens (tertiary/aromatic N) is 3. The molecule has 3 fully saturated rings. The number of hydrogen-bond donors (Lipinski definition) is 3. The Hall–Kier alpha value is -1.97. The van der Waals surface area contributed by atoms with Gasteiger partial charge in [0, 0.05) is 61.7 Å². The Labute approximate surface area is 219 Å². The molecule has 1 saturated carbocycles. The maximum Gasteiger partial charge on any atom is 0.126 e. The molecular weight excluding hydrogens is 476 g/mol. The molecule has 36 heavy (non-hydrogen) atoms. The fourth-order valence-electron chi connectivity index (χ4n) is 5.66. The highest BCUT2D eigenvalue weighted by molar-refractivity contribution is 6.33. The van der Waals surface area contributed by atoms with E-state index in [0.717, 1.165) is 68.3 Å². The van der Waals surface area contributed by atoms with Crippen molar-refractivity contribution in [1.29, 1.82) is 0 Å². The lowest BCUT2D eigenvalue weighted by Gasteiger charge is -2.42. The zero-order valence-electron chi connectivity index (χ0n) is 21.2. The van der Waals surface area contributed by atoms with E-state index in [2.05, 4.69) is 27.4 Å². The predicted molar refractivity (Wildman–Crippen MR) is 145 cm³/mol. The molecule has 4 N–H and O–H groups in total. The molecule has 2 aliphatic heterocycles. The van der Waals surface area contributed by atoms with Gasteiger partial charge in [0.1, 0.15) is 11.6 Å². The highest BCUT2D eigenvalue weighted by Crippen LogP contribution is 2.31. The van der Waals surface area contributed by atoms with Crippen LogP contribution in [0.15, 0.2) is 30.5 Å². The molecule has 1 atom stereocenters. The first-order chi connectivity index (χ1) is 17.5. The zero-order chi connectivity index (χ0) is 25.0. The standard InChI is InChI=1S/C27H39ClN6O2/c1-19-17-36-14-11-34(19)21-7-5-20(6-8-21)32-26-15-22(23(28)16-30-26)24-3-2-4-25(33-24)31-18-27(29)9-12-35-13-10-27/h2-4,15-16,19-21H,5-14,17-18,29H2,1H3,(H,30,32)(H,31,33)/t19-,20?,21?/m1/s1. The van der Waals surface area contributed by atoms with Crippen LogP contribution in [0.2, 0.25) is 5.02 Å². The Kier molecular flexibility index (Phi) is 8.28. The molecule has 2 aromatic rings. The third-order valence-corrected chi connectivity index (χ3v) is 8.23. The number of nitrogens with one attached hydrogen (secondary N) is 2. The van der Waals surface area contributed by atoms with Gasteiger partial charge in [0.25, 0.3) is 0 Å². The summed E-state index contributed by atoms with van der Waals surface area (Å²) in [6.45, 7) is 7.11. The number of halogens is 1. The smallest absolute Gasteiger partial charge is 0.126 e. The van der Waals surface area contributed by atoms with Crippen molar-refractivity contribution < 1.29 is 9.47 Å². The van der Waals surface area contributed by atoms with Crippen molar-refractivity contribution in [2.45, 2.75) is 69.1 Å². The first kappa shape index (κ1) is 25.7. The largest absolute Gasteiger partial charge is 0.381 e. The average molecular weight is 515 g/mol. The number of aromatic nitrogens is 2. The third kappa shape index (κ3) is 6.29. The second-order valence-corrected chi connectivity index (χ2v) is 11.0. The molecule has 2 aromatic heterocycles. The van der Waals surface area contributed by atoms with E-state index in [1.54, 1.807) is 6.20 Å². The Morgan fingerprint density at radius 1 is 1.11 bits per heavy atom. The zero-order valence-corrected chi connectivity index (χ0v) is 22.0. The molecule has 0 aromatic carbocycles. The summed E-state index contributed by atoms with van der Waals surface area (Å²) in [6, 6.07) is 9.55. The van der Waals surface area contributed by atoms with Gasteiger partial charge in [-0.25, -0.2) is 9.97 Å². The normalized spacial score (nSPS) is 26.9. The Morgan fingerprint density at radius 2 is 1.92 bits per heavy atom. The van der Waals surface area contributed by atoms with Crippen LogP contribution in [0.4, 0.5) is 11.6 Å². The lowest BCUT2D eigenvalue weighted by atomic mass is 9.89. The lowest BCUT2D eigenvalue weighted by Crippen LogP contribution is -2.51. The minimum absolute atomic E-state index is 0.264. The van der Waals surface area contributed by atoms with Crippen LogP contribution < -0.4 is 16.4 Å². The summed E-state index contributed by atoms with van der Waals surface area (Å²) in [5.74, 6) is 1.64. The summed E-state index contributed by atoms with van der Waals surface area (Å²) in [5.41, 5.74) is 7.96. The number of pyridine rings is 2. The van der Waals surface area contributed by atoms with Gasteiger partial charge in [-0.1, -0.05) is 17.7 Å². The van der Waals surface area contributed by atoms with Gasteiger partial charge < -0.3 is 25.8 Å². The molecule has 8 nitrogen and oxygen atoms in total. The summed E-state index contributed by atoms with van der Waals surface area (Å²) in [7, 11) is 0. The topological polar surface area (TPSA) is 97.6 Å². The van der Waals surface area contributed by atoms with E-state index in [1.165, 1.54) is 12.8 Å². The highest BCUT2D eigenvalue weighted by atomic mass is 35.5. The molecule has 3 aliphatic rings. The molecule has 0 bridgehead atoms. The molecular formula is C27H39ClN6O2. The van der Waals surface area contributed by atoms with Crippen molar-refractivity contribution in [3.63, 3.8) is 0 Å². The predicted octanol–water partition coefficient (Wildman–Crippen LogP) is 4.16. The maximum atomic E-state index is 6.57. The van der Waals surface area contributed by atoms with Gasteiger partial charge in [-0.2, -0.15) is 0 Å². The van der Waals surface area contributed by atoms with Crippen LogP contribution in [-0.2, 0) is 9.47 Å². The summed E-state index contributed by atoms with van der Waals surface area (Å²) >= 11 is 6.57. The van der Waals surface area contributed by atoms with Crippen LogP contribution >= 0.6 is 11.6 Å². The van der Waals surface area contributed by atoms with Gasteiger partial charge in [0.2, 0.25) is 0 Å². The van der Waals surface area contributed by atoms with Gasteiger partial charge in [0.15, 0.2) is 0 Å². The monoisotopic (exact) mass is 514 g/mol. The van der Waals surface area contributed by atoms with Gasteiger partial charge in [0.05, 0.1) is 23.9 Å². The number of morpholine rings is 1. The van der Waals surface area contributed by atoms with E-state index in [1.807, 2.05) is 24.3 Å². The number of rotatable bonds is 7. The molecule has 1 aliphatic carbocycles. The highest BCUT2D eigenvalue weighted by Gasteiger charge is 2.31. The SMILES string of the molecule is C[C@@H]1COCCN1C1CCC(Nc2cc(-c3cccc(NCC4(N)CCOCC4)n3)c(Cl)cn2)CC1. The van der Waals surface area contributed by atoms with Crippen LogP contribution in [0, 0.1) is 0 Å². The van der Waals surface area contributed by atoms with Gasteiger partial charge in [-0.15, -0.1) is 0 Å². The first-order valence-corrected chi connectivity index (χ1v) is 13.7. The van der Waals surface area contributed by atoms with E-state index < -0.39 is 0 Å². The molecule has 2 saturated heterocycles. The Balaban J connectivity index is 1.20. The summed E-state index contributed by atoms with van der Waals surface area (Å²) < 4.78 is 11.1. The minimum Gasteiger partial charge on any atom is -0.381 e. The maximum absolute atomic E-state index is 6.57. The van der Waals surface area contributed by atoms with E-state index in [9.17, 15) is 0 Å². The summed E-state index contributed by atoms with van der Waals surface area (Å²) in [6.07, 6.45) is 8.09. The first-order valence-electron chi connectivity index (χ1n) is 13.3. The van der Waals surface area contributed by atoms with Crippen molar-refractivity contribution >= 4 is 23.2 Å². The third-order valence-electron chi connectivity index (χ3n) is 7.93. The molecule has 0 unspecified atom stereocenters. The molecule has 9 heteroatoms. The van der Waals surface area contributed by atoms with Gasteiger partial charge in [-0.3, -0.25) is 4.90 Å². The second kappa shape index (κ2) is 11.6. The van der Waals surface area contributed by atoms with Crippen LogP contribution in [-0.4, -0.2) is 78.0 Å². The van der Waals surface area contributed by atoms with Crippen molar-refractivity contribution in [2.75, 3.05) is 50.2 Å². The van der Waals surface area contributed by atoms with Crippen molar-refractivity contribution in [1.82, 2.24) is 14.9 Å².